The van der Waals surface area contributed by atoms with Gasteiger partial charge in [0.25, 0.3) is 0 Å². The number of aromatic nitrogens is 1. The van der Waals surface area contributed by atoms with Crippen molar-refractivity contribution < 1.29 is 4.79 Å². The topological polar surface area (TPSA) is 78.7 Å². The van der Waals surface area contributed by atoms with Gasteiger partial charge in [-0.15, -0.1) is 0 Å². The van der Waals surface area contributed by atoms with E-state index in [1.165, 1.54) is 12.3 Å². The van der Waals surface area contributed by atoms with Crippen LogP contribution in [0.3, 0.4) is 0 Å². The number of fused-ring (bicyclic) bond motifs is 1. The molecule has 78 valence electrons. The van der Waals surface area contributed by atoms with Crippen LogP contribution >= 0.6 is 11.6 Å². The maximum absolute atomic E-state index is 11.5. The van der Waals surface area contributed by atoms with Crippen LogP contribution in [0.2, 0.25) is 5.02 Å². The maximum atomic E-state index is 11.5. The summed E-state index contributed by atoms with van der Waals surface area (Å²) in [6.45, 7) is 0. The molecule has 5 nitrogen and oxygen atoms in total. The molecule has 0 aliphatic heterocycles. The van der Waals surface area contributed by atoms with E-state index in [2.05, 4.69) is 15.0 Å². The van der Waals surface area contributed by atoms with E-state index in [0.29, 0.717) is 21.5 Å². The largest absolute Gasteiger partial charge is 0.287 e. The Bertz CT molecular complexity index is 619. The van der Waals surface area contributed by atoms with Crippen molar-refractivity contribution in [2.45, 2.75) is 0 Å². The van der Waals surface area contributed by atoms with Gasteiger partial charge in [-0.05, 0) is 28.8 Å². The minimum atomic E-state index is -0.628. The highest BCUT2D eigenvalue weighted by molar-refractivity contribution is 6.31. The fourth-order valence-corrected chi connectivity index (χ4v) is 1.57. The Morgan fingerprint density at radius 2 is 2.25 bits per heavy atom. The number of benzene rings is 1. The highest BCUT2D eigenvalue weighted by atomic mass is 35.5. The zero-order valence-corrected chi connectivity index (χ0v) is 8.72. The van der Waals surface area contributed by atoms with Crippen LogP contribution in [0.4, 0.5) is 0 Å². The first-order valence-corrected chi connectivity index (χ1v) is 4.74. The van der Waals surface area contributed by atoms with Crippen molar-refractivity contribution in [3.63, 3.8) is 0 Å². The second kappa shape index (κ2) is 4.18. The van der Waals surface area contributed by atoms with Gasteiger partial charge in [0.15, 0.2) is 0 Å². The van der Waals surface area contributed by atoms with Gasteiger partial charge in [0, 0.05) is 27.1 Å². The molecule has 0 spiro atoms. The first kappa shape index (κ1) is 10.4. The Labute approximate surface area is 95.3 Å². The van der Waals surface area contributed by atoms with Crippen LogP contribution in [0, 0.1) is 0 Å². The van der Waals surface area contributed by atoms with Gasteiger partial charge >= 0.3 is 0 Å². The number of hydrogen-bond acceptors (Lipinski definition) is 2. The number of halogens is 1. The first-order valence-electron chi connectivity index (χ1n) is 4.36. The van der Waals surface area contributed by atoms with Crippen LogP contribution in [0.1, 0.15) is 10.4 Å². The van der Waals surface area contributed by atoms with Crippen molar-refractivity contribution in [3.05, 3.63) is 51.5 Å². The van der Waals surface area contributed by atoms with E-state index >= 15 is 0 Å². The summed E-state index contributed by atoms with van der Waals surface area (Å²) in [5, 5.41) is 4.20. The molecule has 2 rings (SSSR count). The van der Waals surface area contributed by atoms with Crippen molar-refractivity contribution in [2.75, 3.05) is 0 Å². The third-order valence-corrected chi connectivity index (χ3v) is 2.31. The third-order valence-electron chi connectivity index (χ3n) is 2.07. The van der Waals surface area contributed by atoms with Crippen LogP contribution in [0.5, 0.6) is 0 Å². The molecular formula is C10H5ClN4O. The SMILES string of the molecule is [N-]=[N+]=NC(=O)c1ccnc2cc(Cl)ccc12. The van der Waals surface area contributed by atoms with Crippen LogP contribution in [-0.4, -0.2) is 10.9 Å². The minimum Gasteiger partial charge on any atom is -0.287 e. The lowest BCUT2D eigenvalue weighted by Crippen LogP contribution is -1.95. The maximum Gasteiger partial charge on any atom is 0.249 e. The van der Waals surface area contributed by atoms with Gasteiger partial charge in [0.1, 0.15) is 0 Å². The molecule has 1 aromatic carbocycles. The summed E-state index contributed by atoms with van der Waals surface area (Å²) in [7, 11) is 0. The molecule has 2 aromatic rings. The van der Waals surface area contributed by atoms with Gasteiger partial charge in [-0.2, -0.15) is 0 Å². The zero-order chi connectivity index (χ0) is 11.5. The molecule has 1 heterocycles. The number of pyridine rings is 1. The second-order valence-corrected chi connectivity index (χ2v) is 3.45. The molecule has 6 heteroatoms. The summed E-state index contributed by atoms with van der Waals surface area (Å²) in [6, 6.07) is 6.47. The summed E-state index contributed by atoms with van der Waals surface area (Å²) in [5.41, 5.74) is 9.12. The fourth-order valence-electron chi connectivity index (χ4n) is 1.40. The van der Waals surface area contributed by atoms with Gasteiger partial charge in [0.2, 0.25) is 5.91 Å². The van der Waals surface area contributed by atoms with Crippen molar-refractivity contribution in [1.29, 1.82) is 0 Å². The Morgan fingerprint density at radius 3 is 3.00 bits per heavy atom. The zero-order valence-electron chi connectivity index (χ0n) is 7.96. The van der Waals surface area contributed by atoms with E-state index in [-0.39, 0.29) is 0 Å². The molecule has 0 bridgehead atoms. The quantitative estimate of drug-likeness (QED) is 0.429. The monoisotopic (exact) mass is 232 g/mol. The Kier molecular flexibility index (Phi) is 2.72. The normalized spacial score (nSPS) is 9.81. The van der Waals surface area contributed by atoms with E-state index in [1.54, 1.807) is 18.2 Å². The standard InChI is InChI=1S/C10H5ClN4O/c11-6-1-2-7-8(10(16)14-15-12)3-4-13-9(7)5-6/h1-5H. The molecule has 0 radical (unpaired) electrons. The summed E-state index contributed by atoms with van der Waals surface area (Å²) in [5.74, 6) is -0.628. The van der Waals surface area contributed by atoms with Crippen LogP contribution in [0.25, 0.3) is 21.3 Å². The molecule has 0 saturated heterocycles. The molecular weight excluding hydrogens is 228 g/mol. The number of amides is 1. The van der Waals surface area contributed by atoms with E-state index in [9.17, 15) is 4.79 Å². The minimum absolute atomic E-state index is 0.319. The number of carbonyl (C=O) groups is 1. The predicted octanol–water partition coefficient (Wildman–Crippen LogP) is 3.34. The summed E-state index contributed by atoms with van der Waals surface area (Å²) in [6.07, 6.45) is 1.47. The molecule has 1 aromatic heterocycles. The number of nitrogens with zero attached hydrogens (tertiary/aromatic N) is 4. The van der Waals surface area contributed by atoms with Gasteiger partial charge in [-0.25, -0.2) is 0 Å². The molecule has 0 N–H and O–H groups in total. The van der Waals surface area contributed by atoms with Gasteiger partial charge < -0.3 is 0 Å². The average Bonchev–Trinajstić information content (AvgIpc) is 2.28. The summed E-state index contributed by atoms with van der Waals surface area (Å²) in [4.78, 5) is 18.0. The van der Waals surface area contributed by atoms with Gasteiger partial charge in [-0.3, -0.25) is 9.78 Å². The highest BCUT2D eigenvalue weighted by Gasteiger charge is 2.08. The molecule has 0 saturated carbocycles. The number of rotatable bonds is 1. The van der Waals surface area contributed by atoms with Crippen LogP contribution in [-0.2, 0) is 0 Å². The average molecular weight is 233 g/mol. The molecule has 16 heavy (non-hydrogen) atoms. The third kappa shape index (κ3) is 1.82. The van der Waals surface area contributed by atoms with E-state index < -0.39 is 5.91 Å². The molecule has 1 amide bonds. The van der Waals surface area contributed by atoms with Crippen molar-refractivity contribution in [1.82, 2.24) is 4.98 Å². The number of azide groups is 1. The van der Waals surface area contributed by atoms with Crippen molar-refractivity contribution in [2.24, 2.45) is 5.11 Å². The Morgan fingerprint density at radius 1 is 1.44 bits per heavy atom. The van der Waals surface area contributed by atoms with Crippen LogP contribution < -0.4 is 0 Å². The van der Waals surface area contributed by atoms with Gasteiger partial charge in [0.05, 0.1) is 5.52 Å². The van der Waals surface area contributed by atoms with Crippen LogP contribution in [0.15, 0.2) is 35.6 Å². The Balaban J connectivity index is 2.71. The molecule has 0 fully saturated rings. The number of carbonyl (C=O) groups excluding carboxylic acids is 1. The summed E-state index contributed by atoms with van der Waals surface area (Å²) < 4.78 is 0. The lowest BCUT2D eigenvalue weighted by molar-refractivity contribution is 0.100. The number of hydrogen-bond donors (Lipinski definition) is 0. The van der Waals surface area contributed by atoms with E-state index in [4.69, 9.17) is 17.1 Å². The van der Waals surface area contributed by atoms with E-state index in [1.807, 2.05) is 0 Å². The first-order chi connectivity index (χ1) is 7.72. The summed E-state index contributed by atoms with van der Waals surface area (Å²) >= 11 is 5.80. The lowest BCUT2D eigenvalue weighted by atomic mass is 10.1. The molecule has 0 unspecified atom stereocenters. The van der Waals surface area contributed by atoms with Gasteiger partial charge in [-0.1, -0.05) is 17.7 Å². The Hall–Kier alpha value is -2.10. The van der Waals surface area contributed by atoms with E-state index in [0.717, 1.165) is 0 Å². The smallest absolute Gasteiger partial charge is 0.249 e. The second-order valence-electron chi connectivity index (χ2n) is 3.01. The van der Waals surface area contributed by atoms with Crippen molar-refractivity contribution in [3.8, 4) is 0 Å². The van der Waals surface area contributed by atoms with Crippen molar-refractivity contribution >= 4 is 28.4 Å². The predicted molar refractivity (Wildman–Crippen MR) is 60.2 cm³/mol. The fraction of sp³-hybridized carbons (Fsp3) is 0. The molecule has 0 aliphatic carbocycles. The lowest BCUT2D eigenvalue weighted by Gasteiger charge is -2.01. The highest BCUT2D eigenvalue weighted by Crippen LogP contribution is 2.21. The molecule has 0 atom stereocenters. The molecule has 0 aliphatic rings.